The normalized spacial score (nSPS) is 14.1. The number of hydrogen-bond acceptors (Lipinski definition) is 5. The van der Waals surface area contributed by atoms with Gasteiger partial charge in [-0.2, -0.15) is 0 Å². The van der Waals surface area contributed by atoms with E-state index in [2.05, 4.69) is 34.8 Å². The molecule has 0 aromatic carbocycles. The van der Waals surface area contributed by atoms with Crippen molar-refractivity contribution in [2.45, 2.75) is 65.2 Å². The molecule has 4 rings (SSSR count). The van der Waals surface area contributed by atoms with Crippen LogP contribution in [0.1, 0.15) is 63.6 Å². The summed E-state index contributed by atoms with van der Waals surface area (Å²) in [4.78, 5) is 16.3. The summed E-state index contributed by atoms with van der Waals surface area (Å²) >= 11 is 0. The van der Waals surface area contributed by atoms with E-state index in [0.717, 1.165) is 61.1 Å². The van der Waals surface area contributed by atoms with E-state index in [1.54, 1.807) is 6.33 Å². The first-order chi connectivity index (χ1) is 12.8. The molecular formula is C21H28N4O. The zero-order chi connectivity index (χ0) is 17.9. The minimum absolute atomic E-state index is 0.716. The summed E-state index contributed by atoms with van der Waals surface area (Å²) in [5.41, 5.74) is 4.98. The first-order valence-corrected chi connectivity index (χ1v) is 10.1. The Hall–Kier alpha value is -2.17. The van der Waals surface area contributed by atoms with Crippen LogP contribution in [-0.2, 0) is 12.8 Å². The highest BCUT2D eigenvalue weighted by atomic mass is 16.3. The van der Waals surface area contributed by atoms with Gasteiger partial charge in [0.2, 0.25) is 5.71 Å². The van der Waals surface area contributed by atoms with Crippen LogP contribution in [0.4, 0.5) is 5.82 Å². The third kappa shape index (κ3) is 3.15. The first kappa shape index (κ1) is 17.3. The Morgan fingerprint density at radius 1 is 1.04 bits per heavy atom. The van der Waals surface area contributed by atoms with Gasteiger partial charge >= 0.3 is 0 Å². The van der Waals surface area contributed by atoms with E-state index < -0.39 is 0 Å². The Morgan fingerprint density at radius 3 is 2.58 bits per heavy atom. The van der Waals surface area contributed by atoms with E-state index >= 15 is 0 Å². The van der Waals surface area contributed by atoms with Crippen molar-refractivity contribution in [3.63, 3.8) is 0 Å². The zero-order valence-corrected chi connectivity index (χ0v) is 15.9. The second-order valence-corrected chi connectivity index (χ2v) is 7.33. The van der Waals surface area contributed by atoms with Gasteiger partial charge in [-0.05, 0) is 50.2 Å². The van der Waals surface area contributed by atoms with Gasteiger partial charge < -0.3 is 9.32 Å². The van der Waals surface area contributed by atoms with Crippen LogP contribution in [0.2, 0.25) is 0 Å². The monoisotopic (exact) mass is 352 g/mol. The van der Waals surface area contributed by atoms with Crippen molar-refractivity contribution in [1.82, 2.24) is 15.0 Å². The number of aryl methyl sites for hydroxylation is 2. The Balaban J connectivity index is 1.81. The number of nitrogens with zero attached hydrogens (tertiary/aromatic N) is 4. The van der Waals surface area contributed by atoms with Crippen molar-refractivity contribution in [1.29, 1.82) is 0 Å². The maximum absolute atomic E-state index is 6.21. The molecule has 0 fully saturated rings. The second-order valence-electron chi connectivity index (χ2n) is 7.33. The van der Waals surface area contributed by atoms with Crippen molar-refractivity contribution in [3.05, 3.63) is 23.7 Å². The number of rotatable bonds is 7. The third-order valence-corrected chi connectivity index (χ3v) is 5.37. The average Bonchev–Trinajstić information content (AvgIpc) is 3.04. The van der Waals surface area contributed by atoms with Crippen molar-refractivity contribution >= 4 is 28.0 Å². The van der Waals surface area contributed by atoms with Gasteiger partial charge in [0.15, 0.2) is 11.4 Å². The fourth-order valence-electron chi connectivity index (χ4n) is 3.86. The van der Waals surface area contributed by atoms with Crippen molar-refractivity contribution in [2.24, 2.45) is 0 Å². The van der Waals surface area contributed by atoms with Gasteiger partial charge in [-0.1, -0.05) is 26.7 Å². The maximum atomic E-state index is 6.21. The number of anilines is 1. The first-order valence-electron chi connectivity index (χ1n) is 10.1. The molecule has 0 unspecified atom stereocenters. The molecule has 3 heterocycles. The number of furan rings is 1. The Bertz CT molecular complexity index is 894. The molecule has 0 radical (unpaired) electrons. The summed E-state index contributed by atoms with van der Waals surface area (Å²) < 4.78 is 6.21. The van der Waals surface area contributed by atoms with Crippen LogP contribution >= 0.6 is 0 Å². The predicted molar refractivity (Wildman–Crippen MR) is 106 cm³/mol. The summed E-state index contributed by atoms with van der Waals surface area (Å²) in [6, 6.07) is 2.25. The highest BCUT2D eigenvalue weighted by Crippen LogP contribution is 2.34. The molecule has 0 N–H and O–H groups in total. The molecule has 0 bridgehead atoms. The van der Waals surface area contributed by atoms with Gasteiger partial charge in [0, 0.05) is 18.8 Å². The van der Waals surface area contributed by atoms with Crippen molar-refractivity contribution in [3.8, 4) is 0 Å². The van der Waals surface area contributed by atoms with Gasteiger partial charge in [0.1, 0.15) is 11.8 Å². The highest BCUT2D eigenvalue weighted by Gasteiger charge is 2.21. The van der Waals surface area contributed by atoms with E-state index in [-0.39, 0.29) is 0 Å². The lowest BCUT2D eigenvalue weighted by atomic mass is 9.95. The summed E-state index contributed by atoms with van der Waals surface area (Å²) in [7, 11) is 0. The summed E-state index contributed by atoms with van der Waals surface area (Å²) in [6.45, 7) is 6.46. The molecule has 0 amide bonds. The molecule has 0 atom stereocenters. The molecule has 138 valence electrons. The fourth-order valence-corrected chi connectivity index (χ4v) is 3.86. The Kier molecular flexibility index (Phi) is 5.05. The molecule has 0 aliphatic heterocycles. The van der Waals surface area contributed by atoms with E-state index in [9.17, 15) is 0 Å². The molecule has 26 heavy (non-hydrogen) atoms. The highest BCUT2D eigenvalue weighted by molar-refractivity contribution is 6.04. The topological polar surface area (TPSA) is 55.1 Å². The summed E-state index contributed by atoms with van der Waals surface area (Å²) in [6.07, 6.45) is 11.0. The number of pyridine rings is 1. The van der Waals surface area contributed by atoms with Crippen molar-refractivity contribution in [2.75, 3.05) is 18.0 Å². The lowest BCUT2D eigenvalue weighted by Gasteiger charge is -2.23. The molecule has 1 aliphatic rings. The minimum Gasteiger partial charge on any atom is -0.432 e. The molecule has 1 aliphatic carbocycles. The average molecular weight is 352 g/mol. The van der Waals surface area contributed by atoms with Gasteiger partial charge in [-0.3, -0.25) is 0 Å². The van der Waals surface area contributed by atoms with Crippen LogP contribution in [-0.4, -0.2) is 28.0 Å². The minimum atomic E-state index is 0.716. The molecule has 0 saturated carbocycles. The van der Waals surface area contributed by atoms with Crippen LogP contribution in [0.15, 0.2) is 16.8 Å². The Labute approximate surface area is 154 Å². The number of hydrogen-bond donors (Lipinski definition) is 0. The van der Waals surface area contributed by atoms with Crippen LogP contribution in [0, 0.1) is 0 Å². The van der Waals surface area contributed by atoms with E-state index in [0.29, 0.717) is 5.71 Å². The molecule has 3 aromatic heterocycles. The van der Waals surface area contributed by atoms with Gasteiger partial charge in [-0.15, -0.1) is 0 Å². The maximum Gasteiger partial charge on any atom is 0.229 e. The fraction of sp³-hybridized carbons (Fsp3) is 0.571. The standard InChI is InChI=1S/C21H28N4O/c1-3-5-11-25(12-6-4-2)20-19-18(22-14-23-20)16-13-15-9-7-8-10-17(15)24-21(16)26-19/h13-14H,3-12H2,1-2H3. The predicted octanol–water partition coefficient (Wildman–Crippen LogP) is 5.06. The summed E-state index contributed by atoms with van der Waals surface area (Å²) in [5, 5.41) is 1.04. The molecule has 0 spiro atoms. The largest absolute Gasteiger partial charge is 0.432 e. The SMILES string of the molecule is CCCCN(CCCC)c1ncnc2c1oc1nc3c(cc12)CCCC3. The molecule has 3 aromatic rings. The lowest BCUT2D eigenvalue weighted by molar-refractivity contribution is 0.622. The molecule has 5 nitrogen and oxygen atoms in total. The number of unbranched alkanes of at least 4 members (excludes halogenated alkanes) is 2. The van der Waals surface area contributed by atoms with E-state index in [1.807, 2.05) is 0 Å². The number of fused-ring (bicyclic) bond motifs is 4. The van der Waals surface area contributed by atoms with Crippen LogP contribution in [0.5, 0.6) is 0 Å². The lowest BCUT2D eigenvalue weighted by Crippen LogP contribution is -2.26. The van der Waals surface area contributed by atoms with Crippen LogP contribution in [0.3, 0.4) is 0 Å². The van der Waals surface area contributed by atoms with Crippen LogP contribution < -0.4 is 4.90 Å². The van der Waals surface area contributed by atoms with Crippen molar-refractivity contribution < 1.29 is 4.42 Å². The quantitative estimate of drug-likeness (QED) is 0.595. The smallest absolute Gasteiger partial charge is 0.229 e. The molecule has 0 saturated heterocycles. The summed E-state index contributed by atoms with van der Waals surface area (Å²) in [5.74, 6) is 0.924. The van der Waals surface area contributed by atoms with Crippen LogP contribution in [0.25, 0.3) is 22.2 Å². The van der Waals surface area contributed by atoms with Gasteiger partial charge in [0.25, 0.3) is 0 Å². The van der Waals surface area contributed by atoms with E-state index in [4.69, 9.17) is 9.40 Å². The number of aromatic nitrogens is 3. The Morgan fingerprint density at radius 2 is 1.81 bits per heavy atom. The van der Waals surface area contributed by atoms with Gasteiger partial charge in [0.05, 0.1) is 5.39 Å². The third-order valence-electron chi connectivity index (χ3n) is 5.37. The van der Waals surface area contributed by atoms with Gasteiger partial charge in [-0.25, -0.2) is 15.0 Å². The zero-order valence-electron chi connectivity index (χ0n) is 15.9. The molecule has 5 heteroatoms. The molecular weight excluding hydrogens is 324 g/mol. The second kappa shape index (κ2) is 7.60. The van der Waals surface area contributed by atoms with E-state index in [1.165, 1.54) is 36.9 Å².